The van der Waals surface area contributed by atoms with Gasteiger partial charge >= 0.3 is 0 Å². The summed E-state index contributed by atoms with van der Waals surface area (Å²) in [7, 11) is 1.69. The third kappa shape index (κ3) is 2.65. The lowest BCUT2D eigenvalue weighted by Crippen LogP contribution is -2.22. The van der Waals surface area contributed by atoms with Crippen molar-refractivity contribution in [3.63, 3.8) is 0 Å². The molecule has 3 aromatic rings. The normalized spacial score (nSPS) is 15.0. The van der Waals surface area contributed by atoms with Crippen molar-refractivity contribution in [2.24, 2.45) is 0 Å². The molecule has 2 heteroatoms. The Hall–Kier alpha value is -2.74. The monoisotopic (exact) mass is 317 g/mol. The van der Waals surface area contributed by atoms with E-state index in [9.17, 15) is 0 Å². The highest BCUT2D eigenvalue weighted by atomic mass is 16.5. The summed E-state index contributed by atoms with van der Waals surface area (Å²) in [6.45, 7) is 0.629. The van der Waals surface area contributed by atoms with E-state index in [1.165, 1.54) is 11.3 Å². The van der Waals surface area contributed by atoms with Gasteiger partial charge in [-0.1, -0.05) is 54.6 Å². The van der Waals surface area contributed by atoms with Gasteiger partial charge in [0.2, 0.25) is 0 Å². The molecule has 0 saturated carbocycles. The maximum Gasteiger partial charge on any atom is 0.126 e. The van der Waals surface area contributed by atoms with Crippen molar-refractivity contribution in [1.82, 2.24) is 0 Å². The molecule has 0 N–H and O–H groups in total. The van der Waals surface area contributed by atoms with Crippen molar-refractivity contribution >= 4 is 16.5 Å². The van der Waals surface area contributed by atoms with Crippen LogP contribution in [0.15, 0.2) is 72.9 Å². The zero-order valence-electron chi connectivity index (χ0n) is 14.8. The topological polar surface area (TPSA) is 12.5 Å². The molecule has 4 rings (SSSR count). The number of fused-ring (bicyclic) bond motifs is 2. The second-order valence-electron chi connectivity index (χ2n) is 5.98. The third-order valence-electron chi connectivity index (χ3n) is 4.57. The van der Waals surface area contributed by atoms with Gasteiger partial charge in [-0.05, 0) is 41.5 Å². The molecule has 1 aliphatic heterocycles. The smallest absolute Gasteiger partial charge is 0.126 e. The molecule has 0 aliphatic carbocycles. The van der Waals surface area contributed by atoms with Crippen molar-refractivity contribution in [1.29, 1.82) is 0 Å². The molecule has 1 unspecified atom stereocenters. The van der Waals surface area contributed by atoms with Gasteiger partial charge in [0.1, 0.15) is 5.75 Å². The highest BCUT2D eigenvalue weighted by Crippen LogP contribution is 2.30. The Balaban J connectivity index is 1.68. The minimum absolute atomic E-state index is 0.341. The number of allylic oxidation sites excluding steroid dienone is 1. The number of methoxy groups -OCH3 is 1. The summed E-state index contributed by atoms with van der Waals surface area (Å²) in [4.78, 5) is 2.19. The molecular weight excluding hydrogens is 294 g/mol. The van der Waals surface area contributed by atoms with E-state index in [1.54, 1.807) is 7.11 Å². The fraction of sp³-hybridized carbons (Fsp3) is 0.182. The maximum absolute atomic E-state index is 8.78. The summed E-state index contributed by atoms with van der Waals surface area (Å²) in [5.41, 5.74) is 3.56. The van der Waals surface area contributed by atoms with Crippen LogP contribution in [0.25, 0.3) is 10.8 Å². The highest BCUT2D eigenvalue weighted by molar-refractivity contribution is 5.91. The van der Waals surface area contributed by atoms with Gasteiger partial charge in [-0.2, -0.15) is 0 Å². The summed E-state index contributed by atoms with van der Waals surface area (Å²) >= 11 is 0. The number of hydrogen-bond donors (Lipinski definition) is 0. The van der Waals surface area contributed by atoms with Crippen molar-refractivity contribution in [2.75, 3.05) is 18.6 Å². The minimum Gasteiger partial charge on any atom is -0.496 e. The lowest BCUT2D eigenvalue weighted by molar-refractivity contribution is 0.419. The Kier molecular flexibility index (Phi) is 3.65. The van der Waals surface area contributed by atoms with Crippen LogP contribution in [-0.4, -0.2) is 13.7 Å². The van der Waals surface area contributed by atoms with Crippen LogP contribution in [0, 0.1) is 0 Å². The molecule has 0 spiro atoms. The third-order valence-corrected chi connectivity index (χ3v) is 4.57. The zero-order valence-corrected chi connectivity index (χ0v) is 13.8. The summed E-state index contributed by atoms with van der Waals surface area (Å²) in [5, 5.41) is 2.16. The number of rotatable bonds is 4. The molecule has 120 valence electrons. The largest absolute Gasteiger partial charge is 0.496 e. The standard InChI is InChI=1S/C22H21NO/c1-24-22-13-12-17(19-9-3-4-10-20(19)22)14-16-23-15-6-8-18-7-2-5-11-21(18)23/h2-7,9-13,15H,8,14,16H2,1H3/i14T. The fourth-order valence-electron chi connectivity index (χ4n) is 3.36. The van der Waals surface area contributed by atoms with Gasteiger partial charge in [-0.25, -0.2) is 0 Å². The Morgan fingerprint density at radius 2 is 1.79 bits per heavy atom. The molecular formula is C22H21NO. The molecule has 2 nitrogen and oxygen atoms in total. The molecule has 0 aromatic heterocycles. The van der Waals surface area contributed by atoms with E-state index in [0.29, 0.717) is 6.54 Å². The van der Waals surface area contributed by atoms with E-state index >= 15 is 0 Å². The molecule has 1 atom stereocenters. The zero-order chi connectivity index (χ0) is 17.2. The van der Waals surface area contributed by atoms with Crippen LogP contribution in [0.3, 0.4) is 0 Å². The number of ether oxygens (including phenoxy) is 1. The Bertz CT molecular complexity index is 934. The Morgan fingerprint density at radius 1 is 1.00 bits per heavy atom. The molecule has 1 heterocycles. The van der Waals surface area contributed by atoms with E-state index < -0.39 is 0 Å². The molecule has 0 saturated heterocycles. The summed E-state index contributed by atoms with van der Waals surface area (Å²) in [6.07, 6.45) is 4.89. The first-order valence-electron chi connectivity index (χ1n) is 8.85. The molecule has 0 fully saturated rings. The van der Waals surface area contributed by atoms with Crippen LogP contribution in [0.2, 0.25) is 0 Å². The van der Waals surface area contributed by atoms with Crippen LogP contribution >= 0.6 is 0 Å². The number of nitrogens with zero attached hydrogens (tertiary/aromatic N) is 1. The van der Waals surface area contributed by atoms with Gasteiger partial charge in [0, 0.05) is 25.2 Å². The molecule has 1 aliphatic rings. The second-order valence-corrected chi connectivity index (χ2v) is 5.98. The van der Waals surface area contributed by atoms with E-state index in [-0.39, 0.29) is 6.40 Å². The number of hydrogen-bond acceptors (Lipinski definition) is 2. The van der Waals surface area contributed by atoms with Gasteiger partial charge in [0.15, 0.2) is 0 Å². The van der Waals surface area contributed by atoms with Crippen molar-refractivity contribution in [3.05, 3.63) is 84.1 Å². The van der Waals surface area contributed by atoms with Crippen LogP contribution < -0.4 is 9.64 Å². The summed E-state index contributed by atoms with van der Waals surface area (Å²) < 4.78 is 14.3. The van der Waals surface area contributed by atoms with Gasteiger partial charge in [0.05, 0.1) is 7.11 Å². The number of benzene rings is 3. The molecule has 0 radical (unpaired) electrons. The van der Waals surface area contributed by atoms with Gasteiger partial charge in [-0.3, -0.25) is 0 Å². The van der Waals surface area contributed by atoms with Crippen molar-refractivity contribution < 1.29 is 6.11 Å². The summed E-state index contributed by atoms with van der Waals surface area (Å²) in [6, 6.07) is 20.6. The SMILES string of the molecule is [3H]C(CN1C=CCc2ccccc21)c1ccc(OC)c2ccccc12. The molecule has 3 aromatic carbocycles. The van der Waals surface area contributed by atoms with E-state index in [4.69, 9.17) is 6.11 Å². The quantitative estimate of drug-likeness (QED) is 0.674. The van der Waals surface area contributed by atoms with Crippen LogP contribution in [0.1, 0.15) is 12.5 Å². The second kappa shape index (κ2) is 6.40. The maximum atomic E-state index is 8.78. The molecule has 0 bridgehead atoms. The summed E-state index contributed by atoms with van der Waals surface area (Å²) in [5.74, 6) is 0.856. The molecule has 24 heavy (non-hydrogen) atoms. The Labute approximate surface area is 144 Å². The lowest BCUT2D eigenvalue weighted by atomic mass is 10.0. The first kappa shape index (κ1) is 13.7. The van der Waals surface area contributed by atoms with Crippen LogP contribution in [0.5, 0.6) is 5.75 Å². The fourth-order valence-corrected chi connectivity index (χ4v) is 3.36. The minimum atomic E-state index is -0.341. The van der Waals surface area contributed by atoms with E-state index in [1.807, 2.05) is 24.3 Å². The predicted molar refractivity (Wildman–Crippen MR) is 101 cm³/mol. The van der Waals surface area contributed by atoms with E-state index in [0.717, 1.165) is 28.5 Å². The number of anilines is 1. The first-order chi connectivity index (χ1) is 12.3. The lowest BCUT2D eigenvalue weighted by Gasteiger charge is -2.26. The highest BCUT2D eigenvalue weighted by Gasteiger charge is 2.13. The first-order valence-corrected chi connectivity index (χ1v) is 8.27. The Morgan fingerprint density at radius 3 is 2.67 bits per heavy atom. The van der Waals surface area contributed by atoms with Crippen LogP contribution in [0.4, 0.5) is 5.69 Å². The molecule has 0 amide bonds. The van der Waals surface area contributed by atoms with Gasteiger partial charge < -0.3 is 9.64 Å². The average molecular weight is 317 g/mol. The van der Waals surface area contributed by atoms with Crippen LogP contribution in [-0.2, 0) is 12.8 Å². The van der Waals surface area contributed by atoms with Crippen molar-refractivity contribution in [2.45, 2.75) is 12.8 Å². The van der Waals surface area contributed by atoms with Gasteiger partial charge in [-0.15, -0.1) is 0 Å². The average Bonchev–Trinajstić information content (AvgIpc) is 2.67. The number of para-hydroxylation sites is 1. The predicted octanol–water partition coefficient (Wildman–Crippen LogP) is 4.97. The van der Waals surface area contributed by atoms with Gasteiger partial charge in [0.25, 0.3) is 0 Å². The van der Waals surface area contributed by atoms with E-state index in [2.05, 4.69) is 53.6 Å². The van der Waals surface area contributed by atoms with Crippen molar-refractivity contribution in [3.8, 4) is 5.75 Å².